The van der Waals surface area contributed by atoms with E-state index in [2.05, 4.69) is 9.88 Å². The monoisotopic (exact) mass is 232 g/mol. The van der Waals surface area contributed by atoms with Gasteiger partial charge >= 0.3 is 0 Å². The van der Waals surface area contributed by atoms with E-state index < -0.39 is 15.6 Å². The first kappa shape index (κ1) is 12.2. The Kier molecular flexibility index (Phi) is 2.93. The smallest absolute Gasteiger partial charge is 0.246 e. The van der Waals surface area contributed by atoms with Crippen LogP contribution in [0.3, 0.4) is 0 Å². The SMILES string of the molecule is Cc1noc(C)c1S(=O)(=O)NC(C)(C)C. The van der Waals surface area contributed by atoms with E-state index in [-0.39, 0.29) is 4.90 Å². The van der Waals surface area contributed by atoms with Crippen LogP contribution in [0.1, 0.15) is 32.2 Å². The fraction of sp³-hybridized carbons (Fsp3) is 0.667. The Morgan fingerprint density at radius 2 is 1.80 bits per heavy atom. The van der Waals surface area contributed by atoms with Gasteiger partial charge < -0.3 is 4.52 Å². The molecule has 1 aromatic rings. The van der Waals surface area contributed by atoms with Crippen LogP contribution in [0.5, 0.6) is 0 Å². The van der Waals surface area contributed by atoms with E-state index in [0.717, 1.165) is 0 Å². The largest absolute Gasteiger partial charge is 0.360 e. The fourth-order valence-corrected chi connectivity index (χ4v) is 3.06. The van der Waals surface area contributed by atoms with Crippen LogP contribution in [0.2, 0.25) is 0 Å². The lowest BCUT2D eigenvalue weighted by atomic mass is 10.1. The van der Waals surface area contributed by atoms with Gasteiger partial charge in [0.2, 0.25) is 10.0 Å². The topological polar surface area (TPSA) is 72.2 Å². The summed E-state index contributed by atoms with van der Waals surface area (Å²) in [5.41, 5.74) is -0.140. The summed E-state index contributed by atoms with van der Waals surface area (Å²) in [7, 11) is -3.54. The molecule has 1 rings (SSSR count). The molecule has 1 N–H and O–H groups in total. The number of hydrogen-bond acceptors (Lipinski definition) is 4. The number of sulfonamides is 1. The van der Waals surface area contributed by atoms with Gasteiger partial charge in [0.25, 0.3) is 0 Å². The minimum atomic E-state index is -3.54. The molecule has 0 amide bonds. The molecule has 0 aromatic carbocycles. The standard InChI is InChI=1S/C9H16N2O3S/c1-6-8(7(2)14-10-6)15(12,13)11-9(3,4)5/h11H,1-5H3. The highest BCUT2D eigenvalue weighted by Crippen LogP contribution is 2.20. The van der Waals surface area contributed by atoms with E-state index in [0.29, 0.717) is 11.5 Å². The third kappa shape index (κ3) is 2.79. The molecule has 0 aliphatic heterocycles. The normalized spacial score (nSPS) is 13.1. The molecule has 0 unspecified atom stereocenters. The summed E-state index contributed by atoms with van der Waals surface area (Å²) in [6.45, 7) is 8.53. The number of nitrogens with zero attached hydrogens (tertiary/aromatic N) is 1. The number of aryl methyl sites for hydroxylation is 2. The Labute approximate surface area is 89.9 Å². The van der Waals surface area contributed by atoms with Crippen molar-refractivity contribution in [2.75, 3.05) is 0 Å². The summed E-state index contributed by atoms with van der Waals surface area (Å²) in [6.07, 6.45) is 0. The van der Waals surface area contributed by atoms with Gasteiger partial charge in [0.05, 0.1) is 0 Å². The predicted molar refractivity (Wildman–Crippen MR) is 56.1 cm³/mol. The molecule has 6 heteroatoms. The van der Waals surface area contributed by atoms with Crippen LogP contribution in [-0.4, -0.2) is 19.1 Å². The van der Waals surface area contributed by atoms with Crippen LogP contribution < -0.4 is 4.72 Å². The lowest BCUT2D eigenvalue weighted by Crippen LogP contribution is -2.40. The van der Waals surface area contributed by atoms with Crippen molar-refractivity contribution in [1.29, 1.82) is 0 Å². The molecular formula is C9H16N2O3S. The second kappa shape index (κ2) is 3.61. The van der Waals surface area contributed by atoms with Gasteiger partial charge in [0, 0.05) is 5.54 Å². The average Bonchev–Trinajstić information content (AvgIpc) is 2.25. The second-order valence-electron chi connectivity index (χ2n) is 4.51. The Morgan fingerprint density at radius 3 is 2.13 bits per heavy atom. The van der Waals surface area contributed by atoms with Crippen molar-refractivity contribution in [2.45, 2.75) is 45.1 Å². The van der Waals surface area contributed by atoms with Gasteiger partial charge in [-0.1, -0.05) is 5.16 Å². The van der Waals surface area contributed by atoms with E-state index in [1.807, 2.05) is 0 Å². The molecule has 0 spiro atoms. The highest BCUT2D eigenvalue weighted by atomic mass is 32.2. The lowest BCUT2D eigenvalue weighted by Gasteiger charge is -2.19. The van der Waals surface area contributed by atoms with Crippen molar-refractivity contribution < 1.29 is 12.9 Å². The highest BCUT2D eigenvalue weighted by molar-refractivity contribution is 7.89. The maximum Gasteiger partial charge on any atom is 0.246 e. The summed E-state index contributed by atoms with van der Waals surface area (Å²) in [4.78, 5) is 0.137. The molecule has 0 aliphatic carbocycles. The Bertz CT molecular complexity index is 435. The minimum absolute atomic E-state index is 0.137. The van der Waals surface area contributed by atoms with Crippen LogP contribution in [0.25, 0.3) is 0 Å². The van der Waals surface area contributed by atoms with Gasteiger partial charge in [-0.25, -0.2) is 13.1 Å². The van der Waals surface area contributed by atoms with Crippen molar-refractivity contribution in [3.8, 4) is 0 Å². The Hall–Kier alpha value is -0.880. The molecule has 0 bridgehead atoms. The Morgan fingerprint density at radius 1 is 1.27 bits per heavy atom. The van der Waals surface area contributed by atoms with Gasteiger partial charge in [-0.05, 0) is 34.6 Å². The maximum absolute atomic E-state index is 11.9. The Balaban J connectivity index is 3.18. The van der Waals surface area contributed by atoms with Gasteiger partial charge in [0.15, 0.2) is 5.76 Å². The van der Waals surface area contributed by atoms with Crippen molar-refractivity contribution in [1.82, 2.24) is 9.88 Å². The first-order valence-corrected chi connectivity index (χ1v) is 6.09. The van der Waals surface area contributed by atoms with Crippen molar-refractivity contribution in [2.24, 2.45) is 0 Å². The molecular weight excluding hydrogens is 216 g/mol. The highest BCUT2D eigenvalue weighted by Gasteiger charge is 2.28. The molecule has 5 nitrogen and oxygen atoms in total. The van der Waals surface area contributed by atoms with Crippen LogP contribution in [0.15, 0.2) is 9.42 Å². The molecule has 0 fully saturated rings. The van der Waals surface area contributed by atoms with Gasteiger partial charge in [0.1, 0.15) is 10.6 Å². The van der Waals surface area contributed by atoms with Gasteiger partial charge in [-0.2, -0.15) is 0 Å². The second-order valence-corrected chi connectivity index (χ2v) is 6.13. The van der Waals surface area contributed by atoms with E-state index in [1.165, 1.54) is 0 Å². The summed E-state index contributed by atoms with van der Waals surface area (Å²) < 4.78 is 31.3. The zero-order valence-electron chi connectivity index (χ0n) is 9.58. The molecule has 0 radical (unpaired) electrons. The fourth-order valence-electron chi connectivity index (χ4n) is 1.31. The van der Waals surface area contributed by atoms with Crippen LogP contribution >= 0.6 is 0 Å². The first-order valence-electron chi connectivity index (χ1n) is 4.60. The molecule has 0 saturated heterocycles. The summed E-state index contributed by atoms with van der Waals surface area (Å²) >= 11 is 0. The number of rotatable bonds is 2. The van der Waals surface area contributed by atoms with Crippen LogP contribution in [0, 0.1) is 13.8 Å². The molecule has 1 heterocycles. The number of nitrogens with one attached hydrogen (secondary N) is 1. The lowest BCUT2D eigenvalue weighted by molar-refractivity contribution is 0.390. The van der Waals surface area contributed by atoms with Gasteiger partial charge in [-0.15, -0.1) is 0 Å². The zero-order valence-corrected chi connectivity index (χ0v) is 10.4. The van der Waals surface area contributed by atoms with Crippen molar-refractivity contribution in [3.05, 3.63) is 11.5 Å². The van der Waals surface area contributed by atoms with E-state index in [9.17, 15) is 8.42 Å². The average molecular weight is 232 g/mol. The molecule has 1 aromatic heterocycles. The van der Waals surface area contributed by atoms with E-state index >= 15 is 0 Å². The number of aromatic nitrogens is 1. The molecule has 15 heavy (non-hydrogen) atoms. The first-order chi connectivity index (χ1) is 6.63. The molecule has 0 atom stereocenters. The van der Waals surface area contributed by atoms with E-state index in [1.54, 1.807) is 34.6 Å². The molecule has 0 saturated carbocycles. The summed E-state index contributed by atoms with van der Waals surface area (Å²) in [5.74, 6) is 0.309. The number of hydrogen-bond donors (Lipinski definition) is 1. The minimum Gasteiger partial charge on any atom is -0.360 e. The van der Waals surface area contributed by atoms with Crippen molar-refractivity contribution >= 4 is 10.0 Å². The molecule has 0 aliphatic rings. The van der Waals surface area contributed by atoms with Crippen LogP contribution in [0.4, 0.5) is 0 Å². The summed E-state index contributed by atoms with van der Waals surface area (Å²) in [6, 6.07) is 0. The molecule has 86 valence electrons. The maximum atomic E-state index is 11.9. The third-order valence-corrected chi connectivity index (χ3v) is 3.68. The predicted octanol–water partition coefficient (Wildman–Crippen LogP) is 1.37. The quantitative estimate of drug-likeness (QED) is 0.835. The zero-order chi connectivity index (χ0) is 11.9. The third-order valence-electron chi connectivity index (χ3n) is 1.68. The van der Waals surface area contributed by atoms with E-state index in [4.69, 9.17) is 4.52 Å². The van der Waals surface area contributed by atoms with Crippen molar-refractivity contribution in [3.63, 3.8) is 0 Å². The van der Waals surface area contributed by atoms with Crippen LogP contribution in [-0.2, 0) is 10.0 Å². The van der Waals surface area contributed by atoms with Gasteiger partial charge in [-0.3, -0.25) is 0 Å². The summed E-state index contributed by atoms with van der Waals surface area (Å²) in [5, 5.41) is 3.62.